The number of carbonyl (C=O) groups excluding carboxylic acids is 3. The lowest BCUT2D eigenvalue weighted by Gasteiger charge is -2.17. The molecule has 2 amide bonds. The Bertz CT molecular complexity index is 932. The van der Waals surface area contributed by atoms with Gasteiger partial charge in [-0.1, -0.05) is 17.8 Å². The molecule has 0 aliphatic carbocycles. The first kappa shape index (κ1) is 18.9. The Morgan fingerprint density at radius 2 is 1.96 bits per heavy atom. The molecular weight excluding hydrogens is 385 g/mol. The van der Waals surface area contributed by atoms with Crippen LogP contribution in [0.1, 0.15) is 22.3 Å². The quantitative estimate of drug-likeness (QED) is 0.735. The number of benzene rings is 1. The smallest absolute Gasteiger partial charge is 0.416 e. The molecule has 1 atom stereocenters. The van der Waals surface area contributed by atoms with E-state index in [2.05, 4.69) is 4.98 Å². The summed E-state index contributed by atoms with van der Waals surface area (Å²) in [5, 5.41) is 10.1. The van der Waals surface area contributed by atoms with Crippen molar-refractivity contribution >= 4 is 35.2 Å². The van der Waals surface area contributed by atoms with Gasteiger partial charge in [-0.25, -0.2) is 9.88 Å². The number of alkyl halides is 3. The topological polar surface area (TPSA) is 90.4 Å². The molecule has 1 saturated heterocycles. The van der Waals surface area contributed by atoms with Crippen molar-refractivity contribution in [3.05, 3.63) is 53.7 Å². The standard InChI is InChI=1S/C17H11F3N2O4S/c18-17(19,20)9-3-1-4-10(7-9)22-13(23)8-12(15(22)24)27-14-11(16(25)26)5-2-6-21-14/h1-7,12H,8H2,(H,25,26)/p-1/t12-/m1/s1. The van der Waals surface area contributed by atoms with Crippen LogP contribution in [-0.4, -0.2) is 28.0 Å². The van der Waals surface area contributed by atoms with E-state index in [0.29, 0.717) is 4.90 Å². The molecule has 0 unspecified atom stereocenters. The maximum Gasteiger partial charge on any atom is 0.416 e. The molecule has 10 heteroatoms. The van der Waals surface area contributed by atoms with Crippen molar-refractivity contribution in [2.24, 2.45) is 0 Å². The van der Waals surface area contributed by atoms with E-state index in [1.165, 1.54) is 24.4 Å². The Labute approximate surface area is 155 Å². The number of thioether (sulfide) groups is 1. The SMILES string of the molecule is O=C([O-])c1cccnc1S[C@@H]1CC(=O)N(c2cccc(C(F)(F)F)c2)C1=O. The number of imide groups is 1. The number of halogens is 3. The highest BCUT2D eigenvalue weighted by Gasteiger charge is 2.41. The van der Waals surface area contributed by atoms with Crippen molar-refractivity contribution in [2.45, 2.75) is 22.9 Å². The average molecular weight is 395 g/mol. The summed E-state index contributed by atoms with van der Waals surface area (Å²) in [5.41, 5.74) is -1.41. The van der Waals surface area contributed by atoms with Gasteiger partial charge >= 0.3 is 6.18 Å². The van der Waals surface area contributed by atoms with Gasteiger partial charge in [0.1, 0.15) is 5.03 Å². The van der Waals surface area contributed by atoms with Crippen molar-refractivity contribution < 1.29 is 32.7 Å². The maximum atomic E-state index is 12.9. The summed E-state index contributed by atoms with van der Waals surface area (Å²) in [6.07, 6.45) is -3.59. The zero-order chi connectivity index (χ0) is 19.8. The van der Waals surface area contributed by atoms with Gasteiger partial charge < -0.3 is 9.90 Å². The van der Waals surface area contributed by atoms with Gasteiger partial charge in [0.05, 0.1) is 22.5 Å². The first-order valence-electron chi connectivity index (χ1n) is 7.55. The summed E-state index contributed by atoms with van der Waals surface area (Å²) >= 11 is 0.760. The lowest BCUT2D eigenvalue weighted by atomic mass is 10.2. The molecule has 1 aromatic carbocycles. The molecule has 1 aliphatic heterocycles. The zero-order valence-corrected chi connectivity index (χ0v) is 14.2. The molecule has 2 aromatic rings. The minimum Gasteiger partial charge on any atom is -0.545 e. The van der Waals surface area contributed by atoms with Crippen molar-refractivity contribution in [1.29, 1.82) is 0 Å². The van der Waals surface area contributed by atoms with Gasteiger partial charge in [0, 0.05) is 18.2 Å². The summed E-state index contributed by atoms with van der Waals surface area (Å²) in [6, 6.07) is 6.51. The molecule has 3 rings (SSSR count). The fourth-order valence-corrected chi connectivity index (χ4v) is 3.67. The van der Waals surface area contributed by atoms with Gasteiger partial charge in [0.25, 0.3) is 0 Å². The van der Waals surface area contributed by atoms with Crippen LogP contribution in [0.5, 0.6) is 0 Å². The van der Waals surface area contributed by atoms with Gasteiger partial charge in [0.15, 0.2) is 0 Å². The third-order valence-electron chi connectivity index (χ3n) is 3.78. The molecule has 1 aromatic heterocycles. The second-order valence-electron chi connectivity index (χ2n) is 5.57. The Morgan fingerprint density at radius 3 is 2.63 bits per heavy atom. The average Bonchev–Trinajstić information content (AvgIpc) is 2.88. The molecule has 27 heavy (non-hydrogen) atoms. The number of hydrogen-bond acceptors (Lipinski definition) is 6. The third-order valence-corrected chi connectivity index (χ3v) is 4.98. The highest BCUT2D eigenvalue weighted by Crippen LogP contribution is 2.36. The summed E-state index contributed by atoms with van der Waals surface area (Å²) in [4.78, 5) is 40.5. The Hall–Kier alpha value is -2.88. The normalized spacial score (nSPS) is 17.4. The molecule has 6 nitrogen and oxygen atoms in total. The summed E-state index contributed by atoms with van der Waals surface area (Å²) < 4.78 is 38.6. The van der Waals surface area contributed by atoms with E-state index in [9.17, 15) is 32.7 Å². The highest BCUT2D eigenvalue weighted by atomic mass is 32.2. The molecule has 1 aliphatic rings. The molecule has 0 radical (unpaired) electrons. The minimum absolute atomic E-state index is 0.00505. The molecule has 0 saturated carbocycles. The fraction of sp³-hybridized carbons (Fsp3) is 0.176. The second kappa shape index (κ2) is 7.03. The van der Waals surface area contributed by atoms with Gasteiger partial charge in [-0.2, -0.15) is 13.2 Å². The van der Waals surface area contributed by atoms with Crippen LogP contribution in [0.4, 0.5) is 18.9 Å². The van der Waals surface area contributed by atoms with Crippen molar-refractivity contribution in [2.75, 3.05) is 4.90 Å². The summed E-state index contributed by atoms with van der Waals surface area (Å²) in [5.74, 6) is -2.90. The van der Waals surface area contributed by atoms with Crippen LogP contribution in [0.15, 0.2) is 47.6 Å². The van der Waals surface area contributed by atoms with Crippen LogP contribution in [-0.2, 0) is 15.8 Å². The van der Waals surface area contributed by atoms with E-state index in [-0.39, 0.29) is 22.7 Å². The Kier molecular flexibility index (Phi) is 4.92. The molecular formula is C17H10F3N2O4S-. The molecule has 2 heterocycles. The predicted octanol–water partition coefficient (Wildman–Crippen LogP) is 1.89. The van der Waals surface area contributed by atoms with E-state index in [0.717, 1.165) is 30.0 Å². The van der Waals surface area contributed by atoms with Gasteiger partial charge in [-0.05, 0) is 30.3 Å². The van der Waals surface area contributed by atoms with E-state index >= 15 is 0 Å². The number of nitrogens with zero attached hydrogens (tertiary/aromatic N) is 2. The number of anilines is 1. The van der Waals surface area contributed by atoms with Crippen LogP contribution >= 0.6 is 11.8 Å². The van der Waals surface area contributed by atoms with Crippen molar-refractivity contribution in [3.8, 4) is 0 Å². The summed E-state index contributed by atoms with van der Waals surface area (Å²) in [7, 11) is 0. The number of carboxylic acid groups (broad SMARTS) is 1. The first-order valence-corrected chi connectivity index (χ1v) is 8.43. The number of aromatic nitrogens is 1. The predicted molar refractivity (Wildman–Crippen MR) is 86.8 cm³/mol. The van der Waals surface area contributed by atoms with Crippen LogP contribution in [0.3, 0.4) is 0 Å². The highest BCUT2D eigenvalue weighted by molar-refractivity contribution is 8.00. The number of carbonyl (C=O) groups is 3. The van der Waals surface area contributed by atoms with Crippen LogP contribution in [0.2, 0.25) is 0 Å². The van der Waals surface area contributed by atoms with Crippen LogP contribution < -0.4 is 10.0 Å². The molecule has 0 bridgehead atoms. The summed E-state index contributed by atoms with van der Waals surface area (Å²) in [6.45, 7) is 0. The lowest BCUT2D eigenvalue weighted by Crippen LogP contribution is -2.31. The largest absolute Gasteiger partial charge is 0.545 e. The molecule has 0 spiro atoms. The van der Waals surface area contributed by atoms with Crippen LogP contribution in [0, 0.1) is 0 Å². The number of hydrogen-bond donors (Lipinski definition) is 0. The van der Waals surface area contributed by atoms with Crippen LogP contribution in [0.25, 0.3) is 0 Å². The van der Waals surface area contributed by atoms with Crippen molar-refractivity contribution in [1.82, 2.24) is 4.98 Å². The second-order valence-corrected chi connectivity index (χ2v) is 6.76. The maximum absolute atomic E-state index is 12.9. The first-order chi connectivity index (χ1) is 12.7. The Balaban J connectivity index is 1.87. The van der Waals surface area contributed by atoms with E-state index in [4.69, 9.17) is 0 Å². The van der Waals surface area contributed by atoms with E-state index < -0.39 is 34.8 Å². The number of rotatable bonds is 4. The van der Waals surface area contributed by atoms with E-state index in [1.54, 1.807) is 0 Å². The zero-order valence-electron chi connectivity index (χ0n) is 13.4. The van der Waals surface area contributed by atoms with Gasteiger partial charge in [-0.15, -0.1) is 0 Å². The molecule has 140 valence electrons. The minimum atomic E-state index is -4.62. The Morgan fingerprint density at radius 1 is 1.22 bits per heavy atom. The molecule has 1 fully saturated rings. The third kappa shape index (κ3) is 3.80. The fourth-order valence-electron chi connectivity index (χ4n) is 2.56. The lowest BCUT2D eigenvalue weighted by molar-refractivity contribution is -0.255. The number of aromatic carboxylic acids is 1. The van der Waals surface area contributed by atoms with Crippen molar-refractivity contribution in [3.63, 3.8) is 0 Å². The van der Waals surface area contributed by atoms with Gasteiger partial charge in [-0.3, -0.25) is 9.59 Å². The molecule has 0 N–H and O–H groups in total. The van der Waals surface area contributed by atoms with E-state index in [1.807, 2.05) is 0 Å². The van der Waals surface area contributed by atoms with Gasteiger partial charge in [0.2, 0.25) is 11.8 Å². The monoisotopic (exact) mass is 395 g/mol. The number of amides is 2. The number of carboxylic acids is 1. The number of pyridine rings is 1.